The largest absolute Gasteiger partial charge is 1.00 e. The van der Waals surface area contributed by atoms with Gasteiger partial charge in [0.05, 0.1) is 6.61 Å². The van der Waals surface area contributed by atoms with E-state index in [0.29, 0.717) is 0 Å². The summed E-state index contributed by atoms with van der Waals surface area (Å²) in [6.07, 6.45) is -4.86. The third-order valence-electron chi connectivity index (χ3n) is 1.48. The van der Waals surface area contributed by atoms with Crippen LogP contribution in [0.2, 0.25) is 0 Å². The van der Waals surface area contributed by atoms with Crippen molar-refractivity contribution < 1.29 is 96.3 Å². The SMILES string of the molecule is O=C([O-])O.O=C1O[C@H]([C@@H](O)CO)C(O)=C1O.[K+]. The molecular formula is C7H9KO9. The Bertz CT molecular complexity index is 308. The first kappa shape index (κ1) is 19.0. The van der Waals surface area contributed by atoms with Crippen LogP contribution in [0.4, 0.5) is 4.79 Å². The Hall–Kier alpha value is -0.364. The van der Waals surface area contributed by atoms with Gasteiger partial charge in [0.2, 0.25) is 11.9 Å². The zero-order valence-corrected chi connectivity index (χ0v) is 11.9. The first-order valence-corrected chi connectivity index (χ1v) is 3.83. The molecule has 0 aromatic carbocycles. The van der Waals surface area contributed by atoms with Crippen molar-refractivity contribution in [3.63, 3.8) is 0 Å². The summed E-state index contributed by atoms with van der Waals surface area (Å²) in [7, 11) is 0. The molecule has 0 saturated heterocycles. The number of cyclic esters (lactones) is 1. The Kier molecular flexibility index (Phi) is 9.70. The predicted octanol–water partition coefficient (Wildman–Crippen LogP) is -5.52. The van der Waals surface area contributed by atoms with Crippen LogP contribution < -0.4 is 56.5 Å². The van der Waals surface area contributed by atoms with Crippen molar-refractivity contribution in [2.75, 3.05) is 6.61 Å². The molecule has 1 aliphatic rings. The number of rotatable bonds is 2. The predicted molar refractivity (Wildman–Crippen MR) is 43.3 cm³/mol. The number of hydrogen-bond acceptors (Lipinski definition) is 8. The molecule has 0 spiro atoms. The van der Waals surface area contributed by atoms with E-state index in [4.69, 9.17) is 35.4 Å². The van der Waals surface area contributed by atoms with Crippen molar-refractivity contribution in [2.45, 2.75) is 12.2 Å². The molecule has 0 amide bonds. The Morgan fingerprint density at radius 2 is 1.88 bits per heavy atom. The quantitative estimate of drug-likeness (QED) is 0.244. The molecule has 0 aromatic heterocycles. The van der Waals surface area contributed by atoms with Crippen LogP contribution in [0.3, 0.4) is 0 Å². The molecule has 1 aliphatic heterocycles. The van der Waals surface area contributed by atoms with Gasteiger partial charge < -0.3 is 40.2 Å². The Morgan fingerprint density at radius 3 is 2.12 bits per heavy atom. The minimum absolute atomic E-state index is 0. The molecule has 0 saturated carbocycles. The second kappa shape index (κ2) is 8.69. The van der Waals surface area contributed by atoms with Crippen LogP contribution in [0.15, 0.2) is 11.5 Å². The fraction of sp³-hybridized carbons (Fsp3) is 0.429. The third kappa shape index (κ3) is 6.21. The molecule has 9 nitrogen and oxygen atoms in total. The van der Waals surface area contributed by atoms with Gasteiger partial charge in [-0.1, -0.05) is 0 Å². The van der Waals surface area contributed by atoms with Crippen LogP contribution in [-0.2, 0) is 9.53 Å². The van der Waals surface area contributed by atoms with E-state index in [9.17, 15) is 4.79 Å². The summed E-state index contributed by atoms with van der Waals surface area (Å²) in [4.78, 5) is 19.0. The van der Waals surface area contributed by atoms with Crippen LogP contribution in [0, 0.1) is 0 Å². The molecule has 0 radical (unpaired) electrons. The molecule has 0 unspecified atom stereocenters. The molecular weight excluding hydrogens is 267 g/mol. The van der Waals surface area contributed by atoms with Gasteiger partial charge in [0.1, 0.15) is 6.10 Å². The van der Waals surface area contributed by atoms with E-state index in [1.165, 1.54) is 0 Å². The minimum Gasteiger partial charge on any atom is -0.565 e. The zero-order valence-electron chi connectivity index (χ0n) is 8.73. The molecule has 92 valence electrons. The summed E-state index contributed by atoms with van der Waals surface area (Å²) < 4.78 is 4.32. The van der Waals surface area contributed by atoms with Crippen molar-refractivity contribution in [1.29, 1.82) is 0 Å². The molecule has 1 rings (SSSR count). The smallest absolute Gasteiger partial charge is 0.565 e. The van der Waals surface area contributed by atoms with E-state index in [1.54, 1.807) is 0 Å². The maximum Gasteiger partial charge on any atom is 1.00 e. The zero-order chi connectivity index (χ0) is 12.9. The van der Waals surface area contributed by atoms with Gasteiger partial charge in [0, 0.05) is 0 Å². The second-order valence-corrected chi connectivity index (χ2v) is 2.58. The number of ether oxygens (including phenoxy) is 1. The molecule has 10 heteroatoms. The Morgan fingerprint density at radius 1 is 1.47 bits per heavy atom. The van der Waals surface area contributed by atoms with Gasteiger partial charge in [-0.25, -0.2) is 4.79 Å². The summed E-state index contributed by atoms with van der Waals surface area (Å²) >= 11 is 0. The number of esters is 1. The normalized spacial score (nSPS) is 19.6. The van der Waals surface area contributed by atoms with Crippen molar-refractivity contribution in [2.24, 2.45) is 0 Å². The summed E-state index contributed by atoms with van der Waals surface area (Å²) in [5.74, 6) is -2.78. The summed E-state index contributed by atoms with van der Waals surface area (Å²) in [5, 5.41) is 50.4. The molecule has 0 fully saturated rings. The van der Waals surface area contributed by atoms with E-state index in [2.05, 4.69) is 4.74 Å². The first-order chi connectivity index (χ1) is 7.31. The van der Waals surface area contributed by atoms with Gasteiger partial charge in [-0.2, -0.15) is 0 Å². The maximum absolute atomic E-state index is 10.5. The topological polar surface area (TPSA) is 168 Å². The average Bonchev–Trinajstić information content (AvgIpc) is 2.44. The Balaban J connectivity index is 0. The van der Waals surface area contributed by atoms with Gasteiger partial charge in [-0.3, -0.25) is 0 Å². The monoisotopic (exact) mass is 276 g/mol. The van der Waals surface area contributed by atoms with E-state index in [1.807, 2.05) is 0 Å². The first-order valence-electron chi connectivity index (χ1n) is 3.83. The number of carboxylic acid groups (broad SMARTS) is 2. The summed E-state index contributed by atoms with van der Waals surface area (Å²) in [6, 6.07) is 0. The maximum atomic E-state index is 10.5. The van der Waals surface area contributed by atoms with Gasteiger partial charge in [0.25, 0.3) is 0 Å². The molecule has 17 heavy (non-hydrogen) atoms. The van der Waals surface area contributed by atoms with Crippen LogP contribution in [-0.4, -0.2) is 56.5 Å². The number of carbonyl (C=O) groups excluding carboxylic acids is 1. The fourth-order valence-electron chi connectivity index (χ4n) is 0.823. The number of aliphatic hydroxyl groups is 4. The van der Waals surface area contributed by atoms with E-state index in [-0.39, 0.29) is 51.4 Å². The van der Waals surface area contributed by atoms with E-state index < -0.39 is 42.5 Å². The van der Waals surface area contributed by atoms with E-state index >= 15 is 0 Å². The minimum atomic E-state index is -2.08. The van der Waals surface area contributed by atoms with Crippen molar-refractivity contribution >= 4 is 12.1 Å². The second-order valence-electron chi connectivity index (χ2n) is 2.58. The van der Waals surface area contributed by atoms with E-state index in [0.717, 1.165) is 0 Å². The number of aliphatic hydroxyl groups excluding tert-OH is 4. The average molecular weight is 276 g/mol. The molecule has 5 N–H and O–H groups in total. The molecule has 0 aromatic rings. The molecule has 0 bridgehead atoms. The Labute approximate surface area is 137 Å². The van der Waals surface area contributed by atoms with Gasteiger partial charge >= 0.3 is 57.4 Å². The molecule has 0 aliphatic carbocycles. The van der Waals surface area contributed by atoms with Crippen molar-refractivity contribution in [3.8, 4) is 0 Å². The summed E-state index contributed by atoms with van der Waals surface area (Å²) in [5.41, 5.74) is 0. The van der Waals surface area contributed by atoms with Crippen LogP contribution in [0.1, 0.15) is 0 Å². The van der Waals surface area contributed by atoms with Gasteiger partial charge in [-0.15, -0.1) is 0 Å². The fourth-order valence-corrected chi connectivity index (χ4v) is 0.823. The molecule has 2 atom stereocenters. The number of carbonyl (C=O) groups is 2. The van der Waals surface area contributed by atoms with Crippen LogP contribution in [0.25, 0.3) is 0 Å². The van der Waals surface area contributed by atoms with Crippen molar-refractivity contribution in [3.05, 3.63) is 11.5 Å². The van der Waals surface area contributed by atoms with Gasteiger partial charge in [-0.05, 0) is 0 Å². The third-order valence-corrected chi connectivity index (χ3v) is 1.48. The van der Waals surface area contributed by atoms with Crippen LogP contribution >= 0.6 is 0 Å². The van der Waals surface area contributed by atoms with Gasteiger partial charge in [0.15, 0.2) is 11.9 Å². The summed E-state index contributed by atoms with van der Waals surface area (Å²) in [6.45, 7) is -0.671. The standard InChI is InChI=1S/C6H8O6.CH2O3.K/c7-1-2(8)5-3(9)4(10)6(11)12-5;2-1(3)4;/h2,5,7-10H,1H2;(H2,2,3,4);/q;;+1/p-1/t2-,5+;;/m0../s1. The number of hydrogen-bond donors (Lipinski definition) is 5. The van der Waals surface area contributed by atoms with Crippen molar-refractivity contribution in [1.82, 2.24) is 0 Å². The van der Waals surface area contributed by atoms with Crippen LogP contribution in [0.5, 0.6) is 0 Å². The molecule has 1 heterocycles.